The van der Waals surface area contributed by atoms with Gasteiger partial charge in [0.15, 0.2) is 0 Å². The Bertz CT molecular complexity index is 476. The zero-order valence-corrected chi connectivity index (χ0v) is 8.41. The van der Waals surface area contributed by atoms with Crippen LogP contribution in [0.1, 0.15) is 0 Å². The zero-order chi connectivity index (χ0) is 10.7. The number of rotatable bonds is 3. The summed E-state index contributed by atoms with van der Waals surface area (Å²) in [7, 11) is 1.49. The number of amides is 1. The number of methoxy groups -OCH3 is 1. The molecule has 15 heavy (non-hydrogen) atoms. The molecule has 0 fully saturated rings. The average Bonchev–Trinajstić information content (AvgIpc) is 2.65. The minimum absolute atomic E-state index is 0.0746. The van der Waals surface area contributed by atoms with Crippen molar-refractivity contribution in [2.24, 2.45) is 0 Å². The van der Waals surface area contributed by atoms with E-state index < -0.39 is 0 Å². The van der Waals surface area contributed by atoms with Crippen LogP contribution in [0.5, 0.6) is 0 Å². The first kappa shape index (κ1) is 9.73. The van der Waals surface area contributed by atoms with E-state index >= 15 is 0 Å². The van der Waals surface area contributed by atoms with Crippen molar-refractivity contribution in [1.29, 1.82) is 0 Å². The molecule has 0 spiro atoms. The molecule has 0 saturated heterocycles. The summed E-state index contributed by atoms with van der Waals surface area (Å²) in [5.41, 5.74) is 1.84. The number of fused-ring (bicyclic) bond motifs is 1. The number of hydrogen-bond donors (Lipinski definition) is 2. The highest BCUT2D eigenvalue weighted by Gasteiger charge is 2.02. The molecule has 4 nitrogen and oxygen atoms in total. The number of carbonyl (C=O) groups is 1. The van der Waals surface area contributed by atoms with Crippen molar-refractivity contribution in [1.82, 2.24) is 4.98 Å². The Morgan fingerprint density at radius 1 is 1.47 bits per heavy atom. The van der Waals surface area contributed by atoms with Crippen LogP contribution in [0.4, 0.5) is 5.69 Å². The first-order chi connectivity index (χ1) is 7.29. The van der Waals surface area contributed by atoms with Crippen molar-refractivity contribution < 1.29 is 9.53 Å². The third kappa shape index (κ3) is 2.16. The standard InChI is InChI=1S/C11H12N2O2/c1-15-7-11(14)13-9-2-3-10-8(6-9)4-5-12-10/h2-6,12H,7H2,1H3,(H,13,14). The van der Waals surface area contributed by atoms with Gasteiger partial charge in [-0.15, -0.1) is 0 Å². The summed E-state index contributed by atoms with van der Waals surface area (Å²) < 4.78 is 4.73. The van der Waals surface area contributed by atoms with Crippen LogP contribution in [-0.2, 0) is 9.53 Å². The number of aromatic amines is 1. The van der Waals surface area contributed by atoms with Gasteiger partial charge in [0.25, 0.3) is 0 Å². The number of benzene rings is 1. The van der Waals surface area contributed by atoms with Crippen LogP contribution in [0.15, 0.2) is 30.5 Å². The Balaban J connectivity index is 2.17. The van der Waals surface area contributed by atoms with Crippen molar-refractivity contribution in [2.45, 2.75) is 0 Å². The molecule has 0 radical (unpaired) electrons. The number of ether oxygens (including phenoxy) is 1. The molecule has 78 valence electrons. The summed E-state index contributed by atoms with van der Waals surface area (Å²) in [6.45, 7) is 0.0746. The highest BCUT2D eigenvalue weighted by Crippen LogP contribution is 2.17. The van der Waals surface area contributed by atoms with Gasteiger partial charge in [-0.25, -0.2) is 0 Å². The largest absolute Gasteiger partial charge is 0.375 e. The van der Waals surface area contributed by atoms with E-state index in [9.17, 15) is 4.79 Å². The molecule has 1 amide bonds. The molecule has 1 aromatic heterocycles. The monoisotopic (exact) mass is 204 g/mol. The SMILES string of the molecule is COCC(=O)Nc1ccc2[nH]ccc2c1. The van der Waals surface area contributed by atoms with E-state index in [4.69, 9.17) is 4.74 Å². The molecule has 1 aromatic carbocycles. The Hall–Kier alpha value is -1.81. The van der Waals surface area contributed by atoms with Crippen molar-refractivity contribution >= 4 is 22.5 Å². The molecule has 0 unspecified atom stereocenters. The molecule has 2 rings (SSSR count). The van der Waals surface area contributed by atoms with Crippen LogP contribution in [-0.4, -0.2) is 24.6 Å². The topological polar surface area (TPSA) is 54.1 Å². The lowest BCUT2D eigenvalue weighted by atomic mass is 10.2. The van der Waals surface area contributed by atoms with Crippen LogP contribution in [0, 0.1) is 0 Å². The highest BCUT2D eigenvalue weighted by molar-refractivity contribution is 5.94. The van der Waals surface area contributed by atoms with Gasteiger partial charge in [0, 0.05) is 29.9 Å². The molecule has 0 aliphatic rings. The van der Waals surface area contributed by atoms with Crippen molar-refractivity contribution in [3.8, 4) is 0 Å². The number of carbonyl (C=O) groups excluding carboxylic acids is 1. The van der Waals surface area contributed by atoms with Gasteiger partial charge in [0.1, 0.15) is 6.61 Å². The summed E-state index contributed by atoms with van der Waals surface area (Å²) in [6.07, 6.45) is 1.87. The number of aromatic nitrogens is 1. The second-order valence-corrected chi connectivity index (χ2v) is 3.26. The van der Waals surface area contributed by atoms with Gasteiger partial charge in [0.2, 0.25) is 5.91 Å². The van der Waals surface area contributed by atoms with E-state index in [0.29, 0.717) is 0 Å². The van der Waals surface area contributed by atoms with Crippen molar-refractivity contribution in [3.63, 3.8) is 0 Å². The van der Waals surface area contributed by atoms with Gasteiger partial charge in [-0.2, -0.15) is 0 Å². The van der Waals surface area contributed by atoms with Gasteiger partial charge in [-0.05, 0) is 24.3 Å². The summed E-state index contributed by atoms with van der Waals surface area (Å²) >= 11 is 0. The van der Waals surface area contributed by atoms with E-state index in [1.54, 1.807) is 0 Å². The number of nitrogens with one attached hydrogen (secondary N) is 2. The van der Waals surface area contributed by atoms with Gasteiger partial charge in [0.05, 0.1) is 0 Å². The molecule has 0 atom stereocenters. The number of anilines is 1. The van der Waals surface area contributed by atoms with Crippen molar-refractivity contribution in [2.75, 3.05) is 19.0 Å². The quantitative estimate of drug-likeness (QED) is 0.800. The van der Waals surface area contributed by atoms with Crippen LogP contribution >= 0.6 is 0 Å². The third-order valence-electron chi connectivity index (χ3n) is 2.11. The molecular weight excluding hydrogens is 192 g/mol. The smallest absolute Gasteiger partial charge is 0.250 e. The highest BCUT2D eigenvalue weighted by atomic mass is 16.5. The fraction of sp³-hybridized carbons (Fsp3) is 0.182. The number of hydrogen-bond acceptors (Lipinski definition) is 2. The molecule has 2 aromatic rings. The fourth-order valence-electron chi connectivity index (χ4n) is 1.46. The minimum atomic E-state index is -0.146. The predicted octanol–water partition coefficient (Wildman–Crippen LogP) is 1.75. The van der Waals surface area contributed by atoms with Gasteiger partial charge < -0.3 is 15.0 Å². The van der Waals surface area contributed by atoms with Crippen LogP contribution in [0.2, 0.25) is 0 Å². The van der Waals surface area contributed by atoms with Crippen LogP contribution < -0.4 is 5.32 Å². The first-order valence-electron chi connectivity index (χ1n) is 4.65. The van der Waals surface area contributed by atoms with Gasteiger partial charge in [-0.3, -0.25) is 4.79 Å². The van der Waals surface area contributed by atoms with Gasteiger partial charge >= 0.3 is 0 Å². The van der Waals surface area contributed by atoms with Crippen LogP contribution in [0.25, 0.3) is 10.9 Å². The summed E-state index contributed by atoms with van der Waals surface area (Å²) in [5.74, 6) is -0.146. The molecule has 0 aliphatic heterocycles. The lowest BCUT2D eigenvalue weighted by Gasteiger charge is -2.04. The van der Waals surface area contributed by atoms with E-state index in [2.05, 4.69) is 10.3 Å². The summed E-state index contributed by atoms with van der Waals surface area (Å²) in [6, 6.07) is 7.66. The average molecular weight is 204 g/mol. The Morgan fingerprint density at radius 3 is 3.13 bits per heavy atom. The third-order valence-corrected chi connectivity index (χ3v) is 2.11. The van der Waals surface area contributed by atoms with E-state index in [1.165, 1.54) is 7.11 Å². The second kappa shape index (κ2) is 4.14. The predicted molar refractivity (Wildman–Crippen MR) is 58.8 cm³/mol. The second-order valence-electron chi connectivity index (χ2n) is 3.26. The Morgan fingerprint density at radius 2 is 2.33 bits per heavy atom. The summed E-state index contributed by atoms with van der Waals surface area (Å²) in [5, 5.41) is 3.82. The summed E-state index contributed by atoms with van der Waals surface area (Å²) in [4.78, 5) is 14.3. The van der Waals surface area contributed by atoms with Gasteiger partial charge in [-0.1, -0.05) is 0 Å². The Labute approximate surface area is 87.2 Å². The Kier molecular flexibility index (Phi) is 2.69. The van der Waals surface area contributed by atoms with E-state index in [-0.39, 0.29) is 12.5 Å². The molecule has 0 aliphatic carbocycles. The van der Waals surface area contributed by atoms with E-state index in [1.807, 2.05) is 30.5 Å². The minimum Gasteiger partial charge on any atom is -0.375 e. The maximum atomic E-state index is 11.2. The molecule has 4 heteroatoms. The van der Waals surface area contributed by atoms with Crippen LogP contribution in [0.3, 0.4) is 0 Å². The maximum Gasteiger partial charge on any atom is 0.250 e. The lowest BCUT2D eigenvalue weighted by molar-refractivity contribution is -0.119. The molecule has 0 bridgehead atoms. The lowest BCUT2D eigenvalue weighted by Crippen LogP contribution is -2.16. The first-order valence-corrected chi connectivity index (χ1v) is 4.65. The normalized spacial score (nSPS) is 10.5. The molecular formula is C11H12N2O2. The molecule has 1 heterocycles. The van der Waals surface area contributed by atoms with E-state index in [0.717, 1.165) is 16.6 Å². The molecule has 2 N–H and O–H groups in total. The number of H-pyrrole nitrogens is 1. The fourth-order valence-corrected chi connectivity index (χ4v) is 1.46. The maximum absolute atomic E-state index is 11.2. The molecule has 0 saturated carbocycles. The zero-order valence-electron chi connectivity index (χ0n) is 8.41. The van der Waals surface area contributed by atoms with Crippen molar-refractivity contribution in [3.05, 3.63) is 30.5 Å².